The monoisotopic (exact) mass is 235 g/mol. The summed E-state index contributed by atoms with van der Waals surface area (Å²) in [6.07, 6.45) is 0. The second-order valence-corrected chi connectivity index (χ2v) is 6.47. The predicted octanol–water partition coefficient (Wildman–Crippen LogP) is -0.828. The van der Waals surface area contributed by atoms with E-state index in [2.05, 4.69) is 10.2 Å². The van der Waals surface area contributed by atoms with Gasteiger partial charge in [0.1, 0.15) is 0 Å². The lowest BCUT2D eigenvalue weighted by atomic mass is 10.4. The van der Waals surface area contributed by atoms with Gasteiger partial charge < -0.3 is 10.2 Å². The average Bonchev–Trinajstić information content (AvgIpc) is 2.18. The van der Waals surface area contributed by atoms with Crippen LogP contribution in [-0.2, 0) is 10.0 Å². The third kappa shape index (κ3) is 3.14. The topological polar surface area (TPSA) is 52.7 Å². The molecule has 1 saturated heterocycles. The Morgan fingerprint density at radius 2 is 1.80 bits per heavy atom. The van der Waals surface area contributed by atoms with Crippen molar-refractivity contribution in [2.24, 2.45) is 0 Å². The first-order chi connectivity index (χ1) is 6.98. The summed E-state index contributed by atoms with van der Waals surface area (Å²) < 4.78 is 25.7. The SMILES string of the molecule is CNCC(C)S(=O)(=O)N1CCN(C)CC1. The molecular formula is C9H21N3O2S. The number of hydrogen-bond donors (Lipinski definition) is 1. The maximum atomic E-state index is 12.0. The van der Waals surface area contributed by atoms with Crippen LogP contribution in [0.15, 0.2) is 0 Å². The maximum Gasteiger partial charge on any atom is 0.218 e. The van der Waals surface area contributed by atoms with E-state index < -0.39 is 10.0 Å². The van der Waals surface area contributed by atoms with Gasteiger partial charge in [0.05, 0.1) is 5.25 Å². The Morgan fingerprint density at radius 3 is 2.27 bits per heavy atom. The Balaban J connectivity index is 2.61. The minimum absolute atomic E-state index is 0.342. The predicted molar refractivity (Wildman–Crippen MR) is 61.4 cm³/mol. The molecule has 1 fully saturated rings. The van der Waals surface area contributed by atoms with Crippen molar-refractivity contribution in [3.05, 3.63) is 0 Å². The van der Waals surface area contributed by atoms with Gasteiger partial charge in [-0.2, -0.15) is 4.31 Å². The number of sulfonamides is 1. The smallest absolute Gasteiger partial charge is 0.218 e. The fourth-order valence-electron chi connectivity index (χ4n) is 1.69. The van der Waals surface area contributed by atoms with Crippen molar-refractivity contribution in [1.29, 1.82) is 0 Å². The van der Waals surface area contributed by atoms with E-state index in [0.29, 0.717) is 19.6 Å². The van der Waals surface area contributed by atoms with Crippen molar-refractivity contribution in [2.75, 3.05) is 46.8 Å². The Morgan fingerprint density at radius 1 is 1.27 bits per heavy atom. The van der Waals surface area contributed by atoms with E-state index in [9.17, 15) is 8.42 Å². The molecule has 1 N–H and O–H groups in total. The molecule has 5 nitrogen and oxygen atoms in total. The number of nitrogens with one attached hydrogen (secondary N) is 1. The van der Waals surface area contributed by atoms with Gasteiger partial charge in [-0.1, -0.05) is 0 Å². The van der Waals surface area contributed by atoms with Crippen molar-refractivity contribution >= 4 is 10.0 Å². The maximum absolute atomic E-state index is 12.0. The summed E-state index contributed by atoms with van der Waals surface area (Å²) in [5.74, 6) is 0. The lowest BCUT2D eigenvalue weighted by Gasteiger charge is -2.33. The zero-order valence-corrected chi connectivity index (χ0v) is 10.5. The molecule has 0 saturated carbocycles. The summed E-state index contributed by atoms with van der Waals surface area (Å²) >= 11 is 0. The number of rotatable bonds is 4. The zero-order chi connectivity index (χ0) is 11.5. The Kier molecular flexibility index (Phi) is 4.51. The molecule has 0 aliphatic carbocycles. The molecule has 0 aromatic rings. The highest BCUT2D eigenvalue weighted by Crippen LogP contribution is 2.11. The number of hydrogen-bond acceptors (Lipinski definition) is 4. The van der Waals surface area contributed by atoms with Crippen LogP contribution < -0.4 is 5.32 Å². The lowest BCUT2D eigenvalue weighted by Crippen LogP contribution is -2.50. The van der Waals surface area contributed by atoms with Crippen molar-refractivity contribution in [1.82, 2.24) is 14.5 Å². The number of likely N-dealkylation sites (N-methyl/N-ethyl adjacent to an activating group) is 1. The number of piperazine rings is 1. The van der Waals surface area contributed by atoms with Crippen LogP contribution in [0, 0.1) is 0 Å². The fraction of sp³-hybridized carbons (Fsp3) is 1.00. The van der Waals surface area contributed by atoms with Crippen LogP contribution in [0.5, 0.6) is 0 Å². The van der Waals surface area contributed by atoms with Crippen LogP contribution in [-0.4, -0.2) is 69.7 Å². The van der Waals surface area contributed by atoms with Gasteiger partial charge >= 0.3 is 0 Å². The fourth-order valence-corrected chi connectivity index (χ4v) is 3.25. The van der Waals surface area contributed by atoms with Crippen LogP contribution >= 0.6 is 0 Å². The molecule has 0 amide bonds. The number of nitrogens with zero attached hydrogens (tertiary/aromatic N) is 2. The van der Waals surface area contributed by atoms with E-state index in [1.807, 2.05) is 7.05 Å². The first kappa shape index (κ1) is 12.9. The van der Waals surface area contributed by atoms with Gasteiger partial charge in [-0.25, -0.2) is 8.42 Å². The van der Waals surface area contributed by atoms with Crippen molar-refractivity contribution in [3.63, 3.8) is 0 Å². The second-order valence-electron chi connectivity index (χ2n) is 4.12. The molecule has 0 bridgehead atoms. The molecule has 1 aliphatic heterocycles. The van der Waals surface area contributed by atoms with Crippen molar-refractivity contribution < 1.29 is 8.42 Å². The molecule has 0 radical (unpaired) electrons. The van der Waals surface area contributed by atoms with Gasteiger partial charge in [-0.05, 0) is 21.0 Å². The Labute approximate surface area is 92.5 Å². The Bertz CT molecular complexity index is 284. The second kappa shape index (κ2) is 5.25. The average molecular weight is 235 g/mol. The van der Waals surface area contributed by atoms with Gasteiger partial charge in [0, 0.05) is 32.7 Å². The molecule has 0 aromatic carbocycles. The van der Waals surface area contributed by atoms with Crippen LogP contribution in [0.2, 0.25) is 0 Å². The molecule has 0 spiro atoms. The minimum Gasteiger partial charge on any atom is -0.318 e. The molecule has 1 aliphatic rings. The molecule has 6 heteroatoms. The van der Waals surface area contributed by atoms with Gasteiger partial charge in [-0.15, -0.1) is 0 Å². The van der Waals surface area contributed by atoms with E-state index >= 15 is 0 Å². The standard InChI is InChI=1S/C9H21N3O2S/c1-9(8-10-2)15(13,14)12-6-4-11(3)5-7-12/h9-10H,4-8H2,1-3H3. The largest absolute Gasteiger partial charge is 0.318 e. The molecule has 1 atom stereocenters. The minimum atomic E-state index is -3.10. The quantitative estimate of drug-likeness (QED) is 0.691. The van der Waals surface area contributed by atoms with E-state index in [4.69, 9.17) is 0 Å². The summed E-state index contributed by atoms with van der Waals surface area (Å²) in [7, 11) is 0.685. The first-order valence-corrected chi connectivity index (χ1v) is 6.81. The third-order valence-corrected chi connectivity index (χ3v) is 5.09. The van der Waals surface area contributed by atoms with Crippen LogP contribution in [0.4, 0.5) is 0 Å². The Hall–Kier alpha value is -0.170. The molecule has 0 aromatic heterocycles. The summed E-state index contributed by atoms with van der Waals surface area (Å²) in [5, 5.41) is 2.56. The van der Waals surface area contributed by atoms with E-state index in [0.717, 1.165) is 13.1 Å². The van der Waals surface area contributed by atoms with Gasteiger partial charge in [0.25, 0.3) is 0 Å². The van der Waals surface area contributed by atoms with Crippen LogP contribution in [0.3, 0.4) is 0 Å². The first-order valence-electron chi connectivity index (χ1n) is 5.30. The third-order valence-electron chi connectivity index (χ3n) is 2.82. The lowest BCUT2D eigenvalue weighted by molar-refractivity contribution is 0.221. The van der Waals surface area contributed by atoms with Crippen molar-refractivity contribution in [2.45, 2.75) is 12.2 Å². The van der Waals surface area contributed by atoms with E-state index in [1.165, 1.54) is 0 Å². The van der Waals surface area contributed by atoms with Crippen LogP contribution in [0.25, 0.3) is 0 Å². The van der Waals surface area contributed by atoms with Gasteiger partial charge in [0.15, 0.2) is 0 Å². The summed E-state index contributed by atoms with van der Waals surface area (Å²) in [5.41, 5.74) is 0. The van der Waals surface area contributed by atoms with Crippen molar-refractivity contribution in [3.8, 4) is 0 Å². The summed E-state index contributed by atoms with van der Waals surface area (Å²) in [6.45, 7) is 5.15. The highest BCUT2D eigenvalue weighted by molar-refractivity contribution is 7.89. The van der Waals surface area contributed by atoms with Crippen LogP contribution in [0.1, 0.15) is 6.92 Å². The van der Waals surface area contributed by atoms with E-state index in [1.54, 1.807) is 18.3 Å². The highest BCUT2D eigenvalue weighted by atomic mass is 32.2. The molecule has 1 rings (SSSR count). The molecular weight excluding hydrogens is 214 g/mol. The van der Waals surface area contributed by atoms with Gasteiger partial charge in [0.2, 0.25) is 10.0 Å². The molecule has 15 heavy (non-hydrogen) atoms. The summed E-state index contributed by atoms with van der Waals surface area (Å²) in [6, 6.07) is 0. The molecule has 1 heterocycles. The highest BCUT2D eigenvalue weighted by Gasteiger charge is 2.30. The molecule has 90 valence electrons. The zero-order valence-electron chi connectivity index (χ0n) is 9.73. The molecule has 1 unspecified atom stereocenters. The van der Waals surface area contributed by atoms with Gasteiger partial charge in [-0.3, -0.25) is 0 Å². The summed E-state index contributed by atoms with van der Waals surface area (Å²) in [4.78, 5) is 2.15. The van der Waals surface area contributed by atoms with E-state index in [-0.39, 0.29) is 5.25 Å². The normalized spacial score (nSPS) is 22.9.